The zero-order valence-corrected chi connectivity index (χ0v) is 10.3. The van der Waals surface area contributed by atoms with Gasteiger partial charge in [0.1, 0.15) is 0 Å². The van der Waals surface area contributed by atoms with Crippen LogP contribution in [0.1, 0.15) is 58.8 Å². The molecule has 2 fully saturated rings. The van der Waals surface area contributed by atoms with Crippen LogP contribution in [0.4, 0.5) is 0 Å². The summed E-state index contributed by atoms with van der Waals surface area (Å²) in [7, 11) is 0. The topological polar surface area (TPSA) is 29.3 Å². The summed E-state index contributed by atoms with van der Waals surface area (Å²) in [6, 6.07) is 1.47. The largest absolute Gasteiger partial charge is 0.325 e. The third kappa shape index (κ3) is 2.54. The Morgan fingerprint density at radius 1 is 1.27 bits per heavy atom. The first-order valence-electron chi connectivity index (χ1n) is 6.65. The van der Waals surface area contributed by atoms with Crippen LogP contribution in [0.2, 0.25) is 0 Å². The van der Waals surface area contributed by atoms with Gasteiger partial charge < -0.3 is 5.73 Å². The van der Waals surface area contributed by atoms with Crippen molar-refractivity contribution in [3.63, 3.8) is 0 Å². The average Bonchev–Trinajstić information content (AvgIpc) is 2.75. The molecule has 88 valence electrons. The lowest BCUT2D eigenvalue weighted by molar-refractivity contribution is 0.168. The fraction of sp³-hybridized carbons (Fsp3) is 1.00. The van der Waals surface area contributed by atoms with Crippen LogP contribution in [0.3, 0.4) is 0 Å². The van der Waals surface area contributed by atoms with Gasteiger partial charge in [0.05, 0.1) is 0 Å². The number of hydrogen-bond acceptors (Lipinski definition) is 2. The Kier molecular flexibility index (Phi) is 3.36. The molecule has 2 aliphatic rings. The van der Waals surface area contributed by atoms with Crippen LogP contribution in [-0.4, -0.2) is 29.1 Å². The Morgan fingerprint density at radius 3 is 2.53 bits per heavy atom. The molecule has 0 spiro atoms. The Balaban J connectivity index is 1.92. The number of hydrogen-bond donors (Lipinski definition) is 1. The Hall–Kier alpha value is -0.0800. The second kappa shape index (κ2) is 4.42. The van der Waals surface area contributed by atoms with E-state index in [-0.39, 0.29) is 5.54 Å². The van der Waals surface area contributed by atoms with E-state index in [1.807, 2.05) is 0 Å². The highest BCUT2D eigenvalue weighted by molar-refractivity contribution is 4.95. The summed E-state index contributed by atoms with van der Waals surface area (Å²) in [4.78, 5) is 2.66. The summed E-state index contributed by atoms with van der Waals surface area (Å²) >= 11 is 0. The number of nitrogens with two attached hydrogens (primary N) is 1. The Bertz CT molecular complexity index is 207. The van der Waals surface area contributed by atoms with Crippen molar-refractivity contribution in [2.45, 2.75) is 76.4 Å². The molecular weight excluding hydrogens is 184 g/mol. The summed E-state index contributed by atoms with van der Waals surface area (Å²) in [6.07, 6.45) is 9.21. The van der Waals surface area contributed by atoms with Crippen molar-refractivity contribution in [2.75, 3.05) is 6.54 Å². The number of rotatable bonds is 3. The summed E-state index contributed by atoms with van der Waals surface area (Å²) in [5.41, 5.74) is 6.66. The summed E-state index contributed by atoms with van der Waals surface area (Å²) in [5, 5.41) is 0. The molecule has 2 nitrogen and oxygen atoms in total. The molecule has 1 unspecified atom stereocenters. The smallest absolute Gasteiger partial charge is 0.0169 e. The SMILES string of the molecule is CC(C)N1CCCC1CC1(N)CCCC1. The fourth-order valence-corrected chi connectivity index (χ4v) is 3.51. The van der Waals surface area contributed by atoms with Crippen LogP contribution >= 0.6 is 0 Å². The zero-order chi connectivity index (χ0) is 10.9. The van der Waals surface area contributed by atoms with Gasteiger partial charge in [0.2, 0.25) is 0 Å². The molecule has 0 aromatic carbocycles. The van der Waals surface area contributed by atoms with Gasteiger partial charge in [-0.2, -0.15) is 0 Å². The Labute approximate surface area is 94.2 Å². The molecule has 0 aromatic heterocycles. The quantitative estimate of drug-likeness (QED) is 0.775. The molecule has 2 heteroatoms. The normalized spacial score (nSPS) is 31.6. The van der Waals surface area contributed by atoms with Gasteiger partial charge in [0, 0.05) is 17.6 Å². The van der Waals surface area contributed by atoms with Crippen molar-refractivity contribution >= 4 is 0 Å². The van der Waals surface area contributed by atoms with Crippen LogP contribution < -0.4 is 5.73 Å². The minimum Gasteiger partial charge on any atom is -0.325 e. The van der Waals surface area contributed by atoms with Crippen molar-refractivity contribution in [3.8, 4) is 0 Å². The molecule has 0 amide bonds. The van der Waals surface area contributed by atoms with Gasteiger partial charge in [-0.05, 0) is 52.5 Å². The average molecular weight is 210 g/mol. The van der Waals surface area contributed by atoms with Crippen molar-refractivity contribution in [1.82, 2.24) is 4.90 Å². The lowest BCUT2D eigenvalue weighted by atomic mass is 9.89. The van der Waals surface area contributed by atoms with Gasteiger partial charge >= 0.3 is 0 Å². The minimum atomic E-state index is 0.183. The maximum Gasteiger partial charge on any atom is 0.0169 e. The van der Waals surface area contributed by atoms with E-state index in [9.17, 15) is 0 Å². The molecule has 1 saturated carbocycles. The Morgan fingerprint density at radius 2 is 1.93 bits per heavy atom. The van der Waals surface area contributed by atoms with E-state index in [4.69, 9.17) is 5.73 Å². The van der Waals surface area contributed by atoms with Gasteiger partial charge in [-0.3, -0.25) is 4.90 Å². The lowest BCUT2D eigenvalue weighted by Crippen LogP contribution is -2.45. The van der Waals surface area contributed by atoms with E-state index in [1.165, 1.54) is 51.5 Å². The summed E-state index contributed by atoms with van der Waals surface area (Å²) in [6.45, 7) is 5.92. The molecule has 1 atom stereocenters. The van der Waals surface area contributed by atoms with E-state index in [2.05, 4.69) is 18.7 Å². The van der Waals surface area contributed by atoms with Gasteiger partial charge in [-0.25, -0.2) is 0 Å². The highest BCUT2D eigenvalue weighted by Gasteiger charge is 2.36. The highest BCUT2D eigenvalue weighted by atomic mass is 15.2. The first kappa shape index (κ1) is 11.4. The van der Waals surface area contributed by atoms with Crippen LogP contribution in [0, 0.1) is 0 Å². The molecule has 1 heterocycles. The second-order valence-corrected chi connectivity index (χ2v) is 5.90. The first-order chi connectivity index (χ1) is 7.11. The molecule has 2 N–H and O–H groups in total. The van der Waals surface area contributed by atoms with Crippen molar-refractivity contribution in [1.29, 1.82) is 0 Å². The summed E-state index contributed by atoms with van der Waals surface area (Å²) < 4.78 is 0. The maximum absolute atomic E-state index is 6.47. The maximum atomic E-state index is 6.47. The second-order valence-electron chi connectivity index (χ2n) is 5.90. The van der Waals surface area contributed by atoms with E-state index in [0.717, 1.165) is 6.04 Å². The van der Waals surface area contributed by atoms with Crippen molar-refractivity contribution in [2.24, 2.45) is 5.73 Å². The monoisotopic (exact) mass is 210 g/mol. The van der Waals surface area contributed by atoms with Crippen molar-refractivity contribution in [3.05, 3.63) is 0 Å². The third-order valence-electron chi connectivity index (χ3n) is 4.33. The zero-order valence-electron chi connectivity index (χ0n) is 10.3. The van der Waals surface area contributed by atoms with Gasteiger partial charge in [0.25, 0.3) is 0 Å². The third-order valence-corrected chi connectivity index (χ3v) is 4.33. The van der Waals surface area contributed by atoms with Gasteiger partial charge in [-0.15, -0.1) is 0 Å². The van der Waals surface area contributed by atoms with Crippen LogP contribution in [0.15, 0.2) is 0 Å². The number of likely N-dealkylation sites (tertiary alicyclic amines) is 1. The van der Waals surface area contributed by atoms with E-state index >= 15 is 0 Å². The molecule has 1 aliphatic carbocycles. The molecule has 1 saturated heterocycles. The molecule has 1 aliphatic heterocycles. The highest BCUT2D eigenvalue weighted by Crippen LogP contribution is 2.35. The molecule has 15 heavy (non-hydrogen) atoms. The van der Waals surface area contributed by atoms with Crippen molar-refractivity contribution < 1.29 is 0 Å². The molecule has 2 rings (SSSR count). The van der Waals surface area contributed by atoms with Gasteiger partial charge in [0.15, 0.2) is 0 Å². The van der Waals surface area contributed by atoms with Crippen LogP contribution in [-0.2, 0) is 0 Å². The lowest BCUT2D eigenvalue weighted by Gasteiger charge is -2.34. The van der Waals surface area contributed by atoms with Crippen LogP contribution in [0.5, 0.6) is 0 Å². The predicted octanol–water partition coefficient (Wildman–Crippen LogP) is 2.52. The van der Waals surface area contributed by atoms with E-state index in [1.54, 1.807) is 0 Å². The van der Waals surface area contributed by atoms with E-state index < -0.39 is 0 Å². The first-order valence-corrected chi connectivity index (χ1v) is 6.65. The minimum absolute atomic E-state index is 0.183. The summed E-state index contributed by atoms with van der Waals surface area (Å²) in [5.74, 6) is 0. The number of nitrogens with zero attached hydrogens (tertiary/aromatic N) is 1. The predicted molar refractivity (Wildman–Crippen MR) is 64.9 cm³/mol. The van der Waals surface area contributed by atoms with Crippen LogP contribution in [0.25, 0.3) is 0 Å². The standard InChI is InChI=1S/C13H26N2/c1-11(2)15-9-5-6-12(15)10-13(14)7-3-4-8-13/h11-12H,3-10,14H2,1-2H3. The van der Waals surface area contributed by atoms with Gasteiger partial charge in [-0.1, -0.05) is 12.8 Å². The molecular formula is C13H26N2. The van der Waals surface area contributed by atoms with E-state index in [0.29, 0.717) is 6.04 Å². The fourth-order valence-electron chi connectivity index (χ4n) is 3.51. The molecule has 0 radical (unpaired) electrons. The molecule has 0 bridgehead atoms. The molecule has 0 aromatic rings.